The second-order valence-corrected chi connectivity index (χ2v) is 7.77. The van der Waals surface area contributed by atoms with Gasteiger partial charge in [0, 0.05) is 5.56 Å². The van der Waals surface area contributed by atoms with E-state index in [9.17, 15) is 4.79 Å². The molecule has 1 aliphatic heterocycles. The third kappa shape index (κ3) is 3.42. The molecule has 4 aromatic rings. The smallest absolute Gasteiger partial charge is 0.288 e. The number of rotatable bonds is 4. The predicted molar refractivity (Wildman–Crippen MR) is 119 cm³/mol. The molecule has 5 rings (SSSR count). The zero-order valence-corrected chi connectivity index (χ0v) is 17.1. The first kappa shape index (κ1) is 18.9. The number of tetrazole rings is 1. The van der Waals surface area contributed by atoms with Gasteiger partial charge in [-0.3, -0.25) is 4.79 Å². The maximum absolute atomic E-state index is 12.7. The molecular formula is C23H21N7O. The van der Waals surface area contributed by atoms with Crippen molar-refractivity contribution in [3.63, 3.8) is 0 Å². The second kappa shape index (κ2) is 7.64. The van der Waals surface area contributed by atoms with E-state index in [2.05, 4.69) is 69.2 Å². The first-order valence-corrected chi connectivity index (χ1v) is 10.1. The van der Waals surface area contributed by atoms with Gasteiger partial charge in [-0.15, -0.1) is 0 Å². The minimum atomic E-state index is -0.382. The van der Waals surface area contributed by atoms with Crippen molar-refractivity contribution < 1.29 is 0 Å². The molecule has 0 radical (unpaired) electrons. The van der Waals surface area contributed by atoms with Crippen molar-refractivity contribution in [3.05, 3.63) is 92.9 Å². The van der Waals surface area contributed by atoms with Crippen LogP contribution in [0.1, 0.15) is 53.8 Å². The van der Waals surface area contributed by atoms with Crippen LogP contribution in [-0.4, -0.2) is 30.4 Å². The van der Waals surface area contributed by atoms with Gasteiger partial charge in [-0.1, -0.05) is 79.6 Å². The molecule has 2 N–H and O–H groups in total. The Morgan fingerprint density at radius 3 is 2.55 bits per heavy atom. The van der Waals surface area contributed by atoms with Crippen molar-refractivity contribution in [1.29, 1.82) is 0 Å². The van der Waals surface area contributed by atoms with E-state index in [1.165, 1.54) is 5.56 Å². The molecule has 1 atom stereocenters. The van der Waals surface area contributed by atoms with Crippen LogP contribution in [0, 0.1) is 0 Å². The van der Waals surface area contributed by atoms with Gasteiger partial charge in [-0.2, -0.15) is 9.78 Å². The van der Waals surface area contributed by atoms with Gasteiger partial charge >= 0.3 is 0 Å². The molecule has 0 unspecified atom stereocenters. The zero-order valence-electron chi connectivity index (χ0n) is 17.1. The van der Waals surface area contributed by atoms with Crippen LogP contribution in [0.25, 0.3) is 12.2 Å². The van der Waals surface area contributed by atoms with Crippen LogP contribution in [-0.2, 0) is 0 Å². The summed E-state index contributed by atoms with van der Waals surface area (Å²) >= 11 is 0. The summed E-state index contributed by atoms with van der Waals surface area (Å²) in [5.74, 6) is 0.840. The monoisotopic (exact) mass is 411 g/mol. The van der Waals surface area contributed by atoms with Gasteiger partial charge < -0.3 is 5.32 Å². The van der Waals surface area contributed by atoms with Crippen LogP contribution in [0.3, 0.4) is 0 Å². The third-order valence-electron chi connectivity index (χ3n) is 5.45. The number of hydrogen-bond donors (Lipinski definition) is 2. The maximum atomic E-state index is 12.7. The minimum absolute atomic E-state index is 0.315. The van der Waals surface area contributed by atoms with Gasteiger partial charge in [0.15, 0.2) is 0 Å². The number of H-pyrrole nitrogens is 1. The van der Waals surface area contributed by atoms with E-state index >= 15 is 0 Å². The third-order valence-corrected chi connectivity index (χ3v) is 5.45. The molecule has 0 spiro atoms. The lowest BCUT2D eigenvalue weighted by atomic mass is 9.92. The quantitative estimate of drug-likeness (QED) is 0.467. The van der Waals surface area contributed by atoms with Crippen molar-refractivity contribution >= 4 is 23.8 Å². The number of anilines is 2. The first-order chi connectivity index (χ1) is 15.1. The largest absolute Gasteiger partial charge is 0.318 e. The normalized spacial score (nSPS) is 15.0. The fraction of sp³-hybridized carbons (Fsp3) is 0.174. The molecule has 3 heterocycles. The summed E-state index contributed by atoms with van der Waals surface area (Å²) in [6.45, 7) is 4.31. The Hall–Kier alpha value is -4.07. The molecule has 8 heteroatoms. The Kier molecular flexibility index (Phi) is 4.66. The molecular weight excluding hydrogens is 390 g/mol. The number of nitrogens with one attached hydrogen (secondary N) is 2. The summed E-state index contributed by atoms with van der Waals surface area (Å²) in [5, 5.41) is 22.0. The van der Waals surface area contributed by atoms with Gasteiger partial charge in [0.25, 0.3) is 5.56 Å². The molecule has 154 valence electrons. The molecule has 0 bridgehead atoms. The minimum Gasteiger partial charge on any atom is -0.318 e. The highest BCUT2D eigenvalue weighted by Crippen LogP contribution is 2.38. The van der Waals surface area contributed by atoms with Gasteiger partial charge in [0.1, 0.15) is 11.7 Å². The summed E-state index contributed by atoms with van der Waals surface area (Å²) in [7, 11) is 0. The van der Waals surface area contributed by atoms with E-state index in [1.807, 2.05) is 42.5 Å². The van der Waals surface area contributed by atoms with Crippen molar-refractivity contribution in [2.75, 3.05) is 5.32 Å². The van der Waals surface area contributed by atoms with Crippen LogP contribution < -0.4 is 10.9 Å². The number of nitrogens with zero attached hydrogens (tertiary/aromatic N) is 5. The van der Waals surface area contributed by atoms with Crippen molar-refractivity contribution in [3.8, 4) is 0 Å². The SMILES string of the molecule is CC(C)c1ccc([C@H]2c3c(/C=C/c4ccccc4)n[nH]c(=O)c3Nc3nnnn32)cc1. The Morgan fingerprint density at radius 1 is 1.03 bits per heavy atom. The molecule has 0 aliphatic carbocycles. The van der Waals surface area contributed by atoms with Gasteiger partial charge in [-0.25, -0.2) is 5.10 Å². The van der Waals surface area contributed by atoms with E-state index in [-0.39, 0.29) is 11.6 Å². The Bertz CT molecular complexity index is 1300. The Balaban J connectivity index is 1.68. The molecule has 1 aliphatic rings. The number of benzene rings is 2. The van der Waals surface area contributed by atoms with E-state index in [0.29, 0.717) is 23.2 Å². The van der Waals surface area contributed by atoms with Crippen molar-refractivity contribution in [1.82, 2.24) is 30.4 Å². The number of aromatic nitrogens is 6. The summed E-state index contributed by atoms with van der Waals surface area (Å²) in [6, 6.07) is 17.9. The summed E-state index contributed by atoms with van der Waals surface area (Å²) in [6.07, 6.45) is 3.87. The summed E-state index contributed by atoms with van der Waals surface area (Å²) in [5.41, 5.74) is 4.71. The molecule has 31 heavy (non-hydrogen) atoms. The van der Waals surface area contributed by atoms with Crippen LogP contribution in [0.5, 0.6) is 0 Å². The average Bonchev–Trinajstić information content (AvgIpc) is 3.27. The number of aromatic amines is 1. The molecule has 0 saturated heterocycles. The van der Waals surface area contributed by atoms with E-state index in [4.69, 9.17) is 0 Å². The van der Waals surface area contributed by atoms with E-state index in [1.54, 1.807) is 4.68 Å². The lowest BCUT2D eigenvalue weighted by molar-refractivity contribution is 0.565. The Labute approximate surface area is 178 Å². The molecule has 8 nitrogen and oxygen atoms in total. The Morgan fingerprint density at radius 2 is 1.81 bits per heavy atom. The molecule has 0 fully saturated rings. The van der Waals surface area contributed by atoms with Crippen LogP contribution in [0.15, 0.2) is 59.4 Å². The fourth-order valence-electron chi connectivity index (χ4n) is 3.80. The van der Waals surface area contributed by atoms with Gasteiger partial charge in [-0.05, 0) is 39.1 Å². The number of fused-ring (bicyclic) bond motifs is 2. The highest BCUT2D eigenvalue weighted by atomic mass is 16.1. The predicted octanol–water partition coefficient (Wildman–Crippen LogP) is 3.74. The highest BCUT2D eigenvalue weighted by molar-refractivity contribution is 5.75. The van der Waals surface area contributed by atoms with E-state index < -0.39 is 0 Å². The average molecular weight is 411 g/mol. The van der Waals surface area contributed by atoms with Crippen molar-refractivity contribution in [2.24, 2.45) is 0 Å². The number of hydrogen-bond acceptors (Lipinski definition) is 6. The maximum Gasteiger partial charge on any atom is 0.288 e. The summed E-state index contributed by atoms with van der Waals surface area (Å²) < 4.78 is 1.69. The molecule has 0 saturated carbocycles. The molecule has 2 aromatic heterocycles. The fourth-order valence-corrected chi connectivity index (χ4v) is 3.80. The topological polar surface area (TPSA) is 101 Å². The zero-order chi connectivity index (χ0) is 21.4. The highest BCUT2D eigenvalue weighted by Gasteiger charge is 2.33. The lowest BCUT2D eigenvalue weighted by Gasteiger charge is -2.27. The second-order valence-electron chi connectivity index (χ2n) is 7.77. The van der Waals surface area contributed by atoms with E-state index in [0.717, 1.165) is 16.7 Å². The summed E-state index contributed by atoms with van der Waals surface area (Å²) in [4.78, 5) is 12.7. The van der Waals surface area contributed by atoms with Gasteiger partial charge in [0.05, 0.1) is 5.69 Å². The van der Waals surface area contributed by atoms with Crippen LogP contribution >= 0.6 is 0 Å². The standard InChI is InChI=1S/C23H21N7O/c1-14(2)16-9-11-17(12-10-16)21-19-18(13-8-15-6-4-3-5-7-15)25-26-22(31)20(19)24-23-27-28-29-30(21)23/h3-14,21H,1-2H3,(H,26,31)(H,24,27,29)/b13-8+/t21-/m0/s1. The first-order valence-electron chi connectivity index (χ1n) is 10.1. The molecule has 0 amide bonds. The lowest BCUT2D eigenvalue weighted by Crippen LogP contribution is -2.29. The van der Waals surface area contributed by atoms with Crippen LogP contribution in [0.4, 0.5) is 11.6 Å². The van der Waals surface area contributed by atoms with Crippen molar-refractivity contribution in [2.45, 2.75) is 25.8 Å². The molecule has 2 aromatic carbocycles. The van der Waals surface area contributed by atoms with Crippen LogP contribution in [0.2, 0.25) is 0 Å². The van der Waals surface area contributed by atoms with Gasteiger partial charge in [0.2, 0.25) is 5.95 Å².